The Kier molecular flexibility index (Phi) is 6.65. The summed E-state index contributed by atoms with van der Waals surface area (Å²) in [4.78, 5) is 25.9. The van der Waals surface area contributed by atoms with Crippen LogP contribution in [0.3, 0.4) is 0 Å². The van der Waals surface area contributed by atoms with Gasteiger partial charge in [0.15, 0.2) is 0 Å². The Morgan fingerprint density at radius 2 is 2.08 bits per heavy atom. The van der Waals surface area contributed by atoms with Crippen molar-refractivity contribution in [3.63, 3.8) is 0 Å². The number of ether oxygens (including phenoxy) is 2. The summed E-state index contributed by atoms with van der Waals surface area (Å²) in [5.74, 6) is -0.202. The number of fused-ring (bicyclic) bond motifs is 1. The third kappa shape index (κ3) is 4.00. The summed E-state index contributed by atoms with van der Waals surface area (Å²) >= 11 is 0. The molecule has 0 aromatic heterocycles. The SMILES string of the molecule is COC(C)(C)C(=O)N1Cc2ccc(C(=O)NO)cc2OC[C@@H]1C.S. The topological polar surface area (TPSA) is 88.1 Å². The van der Waals surface area contributed by atoms with Gasteiger partial charge in [0, 0.05) is 24.8 Å². The largest absolute Gasteiger partial charge is 0.491 e. The minimum atomic E-state index is -0.921. The van der Waals surface area contributed by atoms with Gasteiger partial charge < -0.3 is 14.4 Å². The number of methoxy groups -OCH3 is 1. The number of amides is 2. The molecule has 2 N–H and O–H groups in total. The summed E-state index contributed by atoms with van der Waals surface area (Å²) in [6.07, 6.45) is 0. The van der Waals surface area contributed by atoms with Gasteiger partial charge in [0.2, 0.25) is 0 Å². The predicted octanol–water partition coefficient (Wildman–Crippen LogP) is 1.45. The van der Waals surface area contributed by atoms with Crippen LogP contribution in [0.2, 0.25) is 0 Å². The van der Waals surface area contributed by atoms with Crippen molar-refractivity contribution in [2.24, 2.45) is 0 Å². The Balaban J connectivity index is 0.00000288. The number of benzene rings is 1. The molecule has 134 valence electrons. The van der Waals surface area contributed by atoms with E-state index >= 15 is 0 Å². The quantitative estimate of drug-likeness (QED) is 0.632. The van der Waals surface area contributed by atoms with E-state index in [9.17, 15) is 9.59 Å². The Bertz CT molecular complexity index is 620. The lowest BCUT2D eigenvalue weighted by atomic mass is 10.0. The van der Waals surface area contributed by atoms with Crippen LogP contribution in [0.5, 0.6) is 5.75 Å². The molecule has 0 radical (unpaired) electrons. The van der Waals surface area contributed by atoms with E-state index < -0.39 is 11.5 Å². The van der Waals surface area contributed by atoms with Gasteiger partial charge in [0.25, 0.3) is 11.8 Å². The summed E-state index contributed by atoms with van der Waals surface area (Å²) in [5.41, 5.74) is 1.75. The van der Waals surface area contributed by atoms with Crippen LogP contribution in [0.25, 0.3) is 0 Å². The first-order chi connectivity index (χ1) is 10.8. The van der Waals surface area contributed by atoms with E-state index in [1.54, 1.807) is 42.4 Å². The molecule has 0 aliphatic carbocycles. The molecule has 0 saturated heterocycles. The fourth-order valence-electron chi connectivity index (χ4n) is 2.37. The Hall–Kier alpha value is -1.77. The molecule has 1 heterocycles. The lowest BCUT2D eigenvalue weighted by Gasteiger charge is -2.33. The summed E-state index contributed by atoms with van der Waals surface area (Å²) in [7, 11) is 1.50. The summed E-state index contributed by atoms with van der Waals surface area (Å²) in [6, 6.07) is 4.72. The zero-order valence-corrected chi connectivity index (χ0v) is 15.3. The highest BCUT2D eigenvalue weighted by molar-refractivity contribution is 7.59. The van der Waals surface area contributed by atoms with Crippen molar-refractivity contribution in [3.8, 4) is 5.75 Å². The van der Waals surface area contributed by atoms with Crippen LogP contribution in [-0.4, -0.2) is 47.3 Å². The Morgan fingerprint density at radius 3 is 2.67 bits per heavy atom. The number of rotatable bonds is 3. The van der Waals surface area contributed by atoms with Crippen LogP contribution in [0.1, 0.15) is 36.7 Å². The van der Waals surface area contributed by atoms with Crippen molar-refractivity contribution >= 4 is 25.3 Å². The molecule has 0 bridgehead atoms. The zero-order valence-electron chi connectivity index (χ0n) is 14.3. The molecule has 24 heavy (non-hydrogen) atoms. The molecule has 0 spiro atoms. The van der Waals surface area contributed by atoms with E-state index in [-0.39, 0.29) is 31.0 Å². The highest BCUT2D eigenvalue weighted by atomic mass is 32.1. The van der Waals surface area contributed by atoms with Gasteiger partial charge in [-0.1, -0.05) is 6.07 Å². The molecular formula is C16H24N2O5S. The third-order valence-electron chi connectivity index (χ3n) is 4.07. The highest BCUT2D eigenvalue weighted by Crippen LogP contribution is 2.28. The maximum Gasteiger partial charge on any atom is 0.274 e. The average Bonchev–Trinajstić information content (AvgIpc) is 2.72. The van der Waals surface area contributed by atoms with Crippen molar-refractivity contribution < 1.29 is 24.3 Å². The molecule has 8 heteroatoms. The Labute approximate surface area is 148 Å². The molecule has 1 atom stereocenters. The van der Waals surface area contributed by atoms with Crippen LogP contribution in [-0.2, 0) is 16.1 Å². The average molecular weight is 356 g/mol. The molecule has 2 rings (SSSR count). The van der Waals surface area contributed by atoms with Crippen molar-refractivity contribution in [2.45, 2.75) is 39.0 Å². The number of carbonyl (C=O) groups is 2. The van der Waals surface area contributed by atoms with Crippen molar-refractivity contribution in [3.05, 3.63) is 29.3 Å². The molecule has 1 aliphatic rings. The fourth-order valence-corrected chi connectivity index (χ4v) is 2.37. The minimum Gasteiger partial charge on any atom is -0.491 e. The molecule has 0 fully saturated rings. The fraction of sp³-hybridized carbons (Fsp3) is 0.500. The van der Waals surface area contributed by atoms with Gasteiger partial charge in [0.05, 0.1) is 6.04 Å². The highest BCUT2D eigenvalue weighted by Gasteiger charge is 2.36. The third-order valence-corrected chi connectivity index (χ3v) is 4.07. The molecular weight excluding hydrogens is 332 g/mol. The second-order valence-electron chi connectivity index (χ2n) is 6.07. The van der Waals surface area contributed by atoms with E-state index in [0.29, 0.717) is 18.9 Å². The standard InChI is InChI=1S/C16H22N2O5.H2S/c1-10-9-23-13-7-11(14(19)17-21)5-6-12(13)8-18(10)15(20)16(2,3)22-4;/h5-7,10,21H,8-9H2,1-4H3,(H,17,19);1H2/t10-;/m0./s1. The van der Waals surface area contributed by atoms with Crippen molar-refractivity contribution in [1.82, 2.24) is 10.4 Å². The molecule has 2 amide bonds. The van der Waals surface area contributed by atoms with Crippen molar-refractivity contribution in [2.75, 3.05) is 13.7 Å². The molecule has 0 unspecified atom stereocenters. The first-order valence-electron chi connectivity index (χ1n) is 7.36. The van der Waals surface area contributed by atoms with E-state index in [1.165, 1.54) is 7.11 Å². The monoisotopic (exact) mass is 356 g/mol. The number of nitrogens with zero attached hydrogens (tertiary/aromatic N) is 1. The number of hydrogen-bond acceptors (Lipinski definition) is 5. The first kappa shape index (κ1) is 20.3. The smallest absolute Gasteiger partial charge is 0.274 e. The molecule has 7 nitrogen and oxygen atoms in total. The van der Waals surface area contributed by atoms with E-state index in [4.69, 9.17) is 14.7 Å². The van der Waals surface area contributed by atoms with Gasteiger partial charge in [-0.2, -0.15) is 13.5 Å². The number of hydrogen-bond donors (Lipinski definition) is 2. The summed E-state index contributed by atoms with van der Waals surface area (Å²) < 4.78 is 11.0. The molecule has 1 aromatic carbocycles. The summed E-state index contributed by atoms with van der Waals surface area (Å²) in [5, 5.41) is 8.71. The van der Waals surface area contributed by atoms with Gasteiger partial charge >= 0.3 is 0 Å². The predicted molar refractivity (Wildman–Crippen MR) is 92.7 cm³/mol. The normalized spacial score (nSPS) is 17.0. The lowest BCUT2D eigenvalue weighted by molar-refractivity contribution is -0.154. The zero-order chi connectivity index (χ0) is 17.2. The van der Waals surface area contributed by atoms with Crippen LogP contribution >= 0.6 is 13.5 Å². The van der Waals surface area contributed by atoms with E-state index in [2.05, 4.69) is 0 Å². The maximum atomic E-state index is 12.7. The van der Waals surface area contributed by atoms with E-state index in [0.717, 1.165) is 5.56 Å². The van der Waals surface area contributed by atoms with Gasteiger partial charge in [0.1, 0.15) is 18.0 Å². The van der Waals surface area contributed by atoms with Crippen LogP contribution in [0.15, 0.2) is 18.2 Å². The minimum absolute atomic E-state index is 0. The van der Waals surface area contributed by atoms with Gasteiger partial charge in [-0.25, -0.2) is 5.48 Å². The van der Waals surface area contributed by atoms with Gasteiger partial charge in [-0.3, -0.25) is 14.8 Å². The molecule has 1 aliphatic heterocycles. The van der Waals surface area contributed by atoms with Gasteiger partial charge in [-0.05, 0) is 32.9 Å². The number of nitrogens with one attached hydrogen (secondary N) is 1. The number of hydroxylamine groups is 1. The van der Waals surface area contributed by atoms with Crippen LogP contribution in [0, 0.1) is 0 Å². The summed E-state index contributed by atoms with van der Waals surface area (Å²) in [6.45, 7) is 6.02. The Morgan fingerprint density at radius 1 is 1.42 bits per heavy atom. The van der Waals surface area contributed by atoms with Crippen molar-refractivity contribution in [1.29, 1.82) is 0 Å². The second kappa shape index (κ2) is 7.87. The van der Waals surface area contributed by atoms with E-state index in [1.807, 2.05) is 6.92 Å². The van der Waals surface area contributed by atoms with Crippen LogP contribution < -0.4 is 10.2 Å². The first-order valence-corrected chi connectivity index (χ1v) is 7.36. The molecule has 0 saturated carbocycles. The maximum absolute atomic E-state index is 12.7. The van der Waals surface area contributed by atoms with Crippen LogP contribution in [0.4, 0.5) is 0 Å². The molecule has 1 aromatic rings. The lowest BCUT2D eigenvalue weighted by Crippen LogP contribution is -2.50. The van der Waals surface area contributed by atoms with Gasteiger partial charge in [-0.15, -0.1) is 0 Å². The second-order valence-corrected chi connectivity index (χ2v) is 6.07. The number of carbonyl (C=O) groups excluding carboxylic acids is 2.